The normalized spacial score (nSPS) is 17.3. The van der Waals surface area contributed by atoms with Gasteiger partial charge in [-0.15, -0.1) is 0 Å². The number of ketones is 1. The van der Waals surface area contributed by atoms with Gasteiger partial charge >= 0.3 is 0 Å². The molecule has 1 aromatic heterocycles. The van der Waals surface area contributed by atoms with E-state index < -0.39 is 0 Å². The van der Waals surface area contributed by atoms with Gasteiger partial charge in [-0.05, 0) is 80.1 Å². The number of hydrogen-bond donors (Lipinski definition) is 2. The van der Waals surface area contributed by atoms with Crippen LogP contribution in [0.1, 0.15) is 47.2 Å². The van der Waals surface area contributed by atoms with Crippen LogP contribution < -0.4 is 15.5 Å². The molecule has 1 saturated carbocycles. The highest BCUT2D eigenvalue weighted by atomic mass is 35.5. The second kappa shape index (κ2) is 11.9. The quantitative estimate of drug-likeness (QED) is 0.247. The third-order valence-electron chi connectivity index (χ3n) is 7.30. The number of aromatic nitrogens is 2. The topological polar surface area (TPSA) is 70.2 Å². The molecule has 0 radical (unpaired) electrons. The Morgan fingerprint density at radius 2 is 1.63 bits per heavy atom. The van der Waals surface area contributed by atoms with E-state index in [1.807, 2.05) is 61.5 Å². The van der Waals surface area contributed by atoms with Crippen LogP contribution in [0.25, 0.3) is 10.9 Å². The molecule has 0 aliphatic heterocycles. The lowest BCUT2D eigenvalue weighted by Gasteiger charge is -2.29. The van der Waals surface area contributed by atoms with Gasteiger partial charge in [0, 0.05) is 48.2 Å². The zero-order valence-corrected chi connectivity index (χ0v) is 22.7. The monoisotopic (exact) mass is 527 g/mol. The van der Waals surface area contributed by atoms with Crippen molar-refractivity contribution < 1.29 is 4.79 Å². The van der Waals surface area contributed by atoms with Crippen LogP contribution in [0.15, 0.2) is 72.8 Å². The van der Waals surface area contributed by atoms with E-state index in [2.05, 4.69) is 16.7 Å². The smallest absolute Gasteiger partial charge is 0.225 e. The van der Waals surface area contributed by atoms with Crippen molar-refractivity contribution in [2.45, 2.75) is 38.3 Å². The first-order chi connectivity index (χ1) is 18.5. The molecule has 7 heteroatoms. The fraction of sp³-hybridized carbons (Fsp3) is 0.323. The van der Waals surface area contributed by atoms with Crippen LogP contribution in [-0.2, 0) is 6.54 Å². The van der Waals surface area contributed by atoms with E-state index in [9.17, 15) is 4.79 Å². The molecule has 196 valence electrons. The van der Waals surface area contributed by atoms with Crippen LogP contribution in [0.3, 0.4) is 0 Å². The van der Waals surface area contributed by atoms with Gasteiger partial charge in [0.05, 0.1) is 5.52 Å². The molecule has 1 aliphatic rings. The molecule has 0 unspecified atom stereocenters. The highest BCUT2D eigenvalue weighted by Crippen LogP contribution is 2.28. The summed E-state index contributed by atoms with van der Waals surface area (Å²) in [5, 5.41) is 8.90. The molecule has 2 N–H and O–H groups in total. The van der Waals surface area contributed by atoms with Crippen molar-refractivity contribution in [2.75, 3.05) is 30.9 Å². The second-order valence-electron chi connectivity index (χ2n) is 10.3. The molecular weight excluding hydrogens is 494 g/mol. The third-order valence-corrected chi connectivity index (χ3v) is 7.56. The standard InChI is InChI=1S/C31H34ClN5O/c1-37(2)30-27-9-5-6-10-28(27)35-31(36-30)34-25-17-11-21(12-18-25)19-33-20-23-7-3-4-8-26(23)29(38)22-13-15-24(32)16-14-22/h3-10,13-16,21,25,33H,11-12,17-20H2,1-2H3,(H,34,35,36)/t21-,25+. The van der Waals surface area contributed by atoms with Crippen molar-refractivity contribution in [3.05, 3.63) is 94.5 Å². The number of para-hydroxylation sites is 1. The molecule has 1 heterocycles. The van der Waals surface area contributed by atoms with E-state index in [-0.39, 0.29) is 5.78 Å². The van der Waals surface area contributed by atoms with Gasteiger partial charge in [-0.1, -0.05) is 48.0 Å². The van der Waals surface area contributed by atoms with Gasteiger partial charge in [-0.25, -0.2) is 4.98 Å². The van der Waals surface area contributed by atoms with Crippen LogP contribution in [0.4, 0.5) is 11.8 Å². The summed E-state index contributed by atoms with van der Waals surface area (Å²) < 4.78 is 0. The maximum Gasteiger partial charge on any atom is 0.225 e. The molecular formula is C31H34ClN5O. The van der Waals surface area contributed by atoms with E-state index in [0.717, 1.165) is 60.1 Å². The molecule has 0 bridgehead atoms. The summed E-state index contributed by atoms with van der Waals surface area (Å²) in [5.74, 6) is 2.28. The number of halogens is 1. The molecule has 0 spiro atoms. The molecule has 1 aliphatic carbocycles. The van der Waals surface area contributed by atoms with E-state index in [1.165, 1.54) is 0 Å². The fourth-order valence-corrected chi connectivity index (χ4v) is 5.35. The van der Waals surface area contributed by atoms with Crippen LogP contribution >= 0.6 is 11.6 Å². The van der Waals surface area contributed by atoms with Gasteiger partial charge in [0.25, 0.3) is 0 Å². The maximum atomic E-state index is 13.1. The molecule has 3 aromatic carbocycles. The second-order valence-corrected chi connectivity index (χ2v) is 10.7. The summed E-state index contributed by atoms with van der Waals surface area (Å²) >= 11 is 5.99. The third kappa shape index (κ3) is 6.14. The van der Waals surface area contributed by atoms with Crippen LogP contribution in [0.2, 0.25) is 5.02 Å². The van der Waals surface area contributed by atoms with E-state index in [4.69, 9.17) is 21.6 Å². The van der Waals surface area contributed by atoms with Crippen molar-refractivity contribution in [2.24, 2.45) is 5.92 Å². The Hall–Kier alpha value is -3.48. The summed E-state index contributed by atoms with van der Waals surface area (Å²) in [6, 6.07) is 23.5. The number of hydrogen-bond acceptors (Lipinski definition) is 6. The number of nitrogens with one attached hydrogen (secondary N) is 2. The maximum absolute atomic E-state index is 13.1. The molecule has 0 saturated heterocycles. The lowest BCUT2D eigenvalue weighted by molar-refractivity contribution is 0.103. The Balaban J connectivity index is 1.14. The van der Waals surface area contributed by atoms with Crippen LogP contribution in [-0.4, -0.2) is 42.4 Å². The lowest BCUT2D eigenvalue weighted by Crippen LogP contribution is -2.32. The minimum atomic E-state index is 0.0268. The number of anilines is 2. The first-order valence-corrected chi connectivity index (χ1v) is 13.7. The van der Waals surface area contributed by atoms with Gasteiger partial charge < -0.3 is 15.5 Å². The zero-order valence-electron chi connectivity index (χ0n) is 22.0. The number of rotatable bonds is 9. The number of carbonyl (C=O) groups excluding carboxylic acids is 1. The summed E-state index contributed by atoms with van der Waals surface area (Å²) in [5.41, 5.74) is 3.37. The Morgan fingerprint density at radius 3 is 2.39 bits per heavy atom. The SMILES string of the molecule is CN(C)c1nc(N[C@H]2CC[C@@H](CNCc3ccccc3C(=O)c3ccc(Cl)cc3)CC2)nc2ccccc12. The van der Waals surface area contributed by atoms with Gasteiger partial charge in [0.2, 0.25) is 5.95 Å². The Labute approximate surface area is 229 Å². The number of benzene rings is 3. The van der Waals surface area contributed by atoms with E-state index in [1.54, 1.807) is 24.3 Å². The van der Waals surface area contributed by atoms with Crippen molar-refractivity contribution >= 4 is 40.1 Å². The molecule has 6 nitrogen and oxygen atoms in total. The largest absolute Gasteiger partial charge is 0.362 e. The first-order valence-electron chi connectivity index (χ1n) is 13.3. The Kier molecular flexibility index (Phi) is 8.20. The summed E-state index contributed by atoms with van der Waals surface area (Å²) in [6.07, 6.45) is 4.46. The number of fused-ring (bicyclic) bond motifs is 1. The fourth-order valence-electron chi connectivity index (χ4n) is 5.22. The first kappa shape index (κ1) is 26.1. The predicted molar refractivity (Wildman–Crippen MR) is 156 cm³/mol. The lowest BCUT2D eigenvalue weighted by atomic mass is 9.86. The molecule has 1 fully saturated rings. The van der Waals surface area contributed by atoms with Gasteiger partial charge in [-0.2, -0.15) is 4.98 Å². The highest BCUT2D eigenvalue weighted by Gasteiger charge is 2.22. The van der Waals surface area contributed by atoms with Crippen molar-refractivity contribution in [3.8, 4) is 0 Å². The van der Waals surface area contributed by atoms with Gasteiger partial charge in [-0.3, -0.25) is 4.79 Å². The van der Waals surface area contributed by atoms with Crippen molar-refractivity contribution in [3.63, 3.8) is 0 Å². The van der Waals surface area contributed by atoms with Gasteiger partial charge in [0.15, 0.2) is 5.78 Å². The number of carbonyl (C=O) groups is 1. The average molecular weight is 528 g/mol. The molecule has 0 atom stereocenters. The molecule has 38 heavy (non-hydrogen) atoms. The molecule has 0 amide bonds. The summed E-state index contributed by atoms with van der Waals surface area (Å²) in [6.45, 7) is 1.61. The number of nitrogens with zero attached hydrogens (tertiary/aromatic N) is 3. The van der Waals surface area contributed by atoms with E-state index >= 15 is 0 Å². The van der Waals surface area contributed by atoms with Crippen molar-refractivity contribution in [1.82, 2.24) is 15.3 Å². The summed E-state index contributed by atoms with van der Waals surface area (Å²) in [7, 11) is 4.03. The predicted octanol–water partition coefficient (Wildman–Crippen LogP) is 6.34. The zero-order chi connectivity index (χ0) is 26.5. The van der Waals surface area contributed by atoms with E-state index in [0.29, 0.717) is 35.0 Å². The minimum Gasteiger partial charge on any atom is -0.362 e. The van der Waals surface area contributed by atoms with Crippen LogP contribution in [0, 0.1) is 5.92 Å². The van der Waals surface area contributed by atoms with Gasteiger partial charge in [0.1, 0.15) is 5.82 Å². The van der Waals surface area contributed by atoms with Crippen LogP contribution in [0.5, 0.6) is 0 Å². The Bertz CT molecular complexity index is 1400. The average Bonchev–Trinajstić information content (AvgIpc) is 2.94. The summed E-state index contributed by atoms with van der Waals surface area (Å²) in [4.78, 5) is 24.7. The van der Waals surface area contributed by atoms with Crippen molar-refractivity contribution in [1.29, 1.82) is 0 Å². The Morgan fingerprint density at radius 1 is 0.921 bits per heavy atom. The molecule has 5 rings (SSSR count). The minimum absolute atomic E-state index is 0.0268. The molecule has 4 aromatic rings. The highest BCUT2D eigenvalue weighted by molar-refractivity contribution is 6.30.